The topological polar surface area (TPSA) is 9.23 Å². The average Bonchev–Trinajstić information content (AvgIpc) is 2.27. The van der Waals surface area contributed by atoms with Gasteiger partial charge in [0.2, 0.25) is 0 Å². The molecule has 0 aliphatic heterocycles. The van der Waals surface area contributed by atoms with Crippen molar-refractivity contribution in [3.05, 3.63) is 29.8 Å². The first kappa shape index (κ1) is 11.7. The van der Waals surface area contributed by atoms with Gasteiger partial charge in [0.25, 0.3) is 0 Å². The number of hydrogen-bond acceptors (Lipinski definition) is 1. The second-order valence-corrected chi connectivity index (χ2v) is 3.59. The fraction of sp³-hybridized carbons (Fsp3) is 0.429. The maximum Gasteiger partial charge on any atom is 0.122 e. The smallest absolute Gasteiger partial charge is 0.122 e. The Morgan fingerprint density at radius 3 is 2.73 bits per heavy atom. The Balaban J connectivity index is 2.71. The number of para-hydroxylation sites is 1. The molecule has 0 N–H and O–H groups in total. The van der Waals surface area contributed by atoms with E-state index < -0.39 is 0 Å². The van der Waals surface area contributed by atoms with Crippen molar-refractivity contribution < 1.29 is 4.74 Å². The molecule has 0 bridgehead atoms. The van der Waals surface area contributed by atoms with Gasteiger partial charge in [-0.05, 0) is 18.1 Å². The maximum atomic E-state index is 5.30. The minimum Gasteiger partial charge on any atom is -0.496 e. The summed E-state index contributed by atoms with van der Waals surface area (Å²) in [4.78, 5) is 0. The molecule has 0 spiro atoms. The Morgan fingerprint density at radius 1 is 1.33 bits per heavy atom. The van der Waals surface area contributed by atoms with Gasteiger partial charge in [-0.1, -0.05) is 38.0 Å². The quantitative estimate of drug-likeness (QED) is 0.683. The Morgan fingerprint density at radius 2 is 2.07 bits per heavy atom. The van der Waals surface area contributed by atoms with E-state index in [2.05, 4.69) is 31.8 Å². The van der Waals surface area contributed by atoms with E-state index in [9.17, 15) is 0 Å². The van der Waals surface area contributed by atoms with Gasteiger partial charge in [-0.15, -0.1) is 5.92 Å². The summed E-state index contributed by atoms with van der Waals surface area (Å²) < 4.78 is 5.30. The first-order chi connectivity index (χ1) is 7.27. The Hall–Kier alpha value is -1.42. The predicted octanol–water partition coefficient (Wildman–Crippen LogP) is 3.29. The van der Waals surface area contributed by atoms with Gasteiger partial charge in [-0.3, -0.25) is 0 Å². The molecule has 0 aromatic heterocycles. The summed E-state index contributed by atoms with van der Waals surface area (Å²) in [6.45, 7) is 4.22. The molecule has 1 aromatic carbocycles. The number of hydrogen-bond donors (Lipinski definition) is 0. The van der Waals surface area contributed by atoms with E-state index in [1.807, 2.05) is 18.2 Å². The van der Waals surface area contributed by atoms with Crippen LogP contribution >= 0.6 is 0 Å². The molecule has 0 aliphatic rings. The highest BCUT2D eigenvalue weighted by molar-refractivity contribution is 5.34. The highest BCUT2D eigenvalue weighted by Gasteiger charge is 2.04. The minimum absolute atomic E-state index is 0.390. The van der Waals surface area contributed by atoms with E-state index in [1.165, 1.54) is 5.56 Å². The van der Waals surface area contributed by atoms with Crippen LogP contribution in [0.1, 0.15) is 25.8 Å². The summed E-state index contributed by atoms with van der Waals surface area (Å²) >= 11 is 0. The van der Waals surface area contributed by atoms with Gasteiger partial charge in [0, 0.05) is 12.3 Å². The zero-order valence-electron chi connectivity index (χ0n) is 9.71. The molecule has 1 atom stereocenters. The summed E-state index contributed by atoms with van der Waals surface area (Å²) in [6.07, 6.45) is 1.88. The van der Waals surface area contributed by atoms with Gasteiger partial charge in [-0.25, -0.2) is 0 Å². The van der Waals surface area contributed by atoms with Gasteiger partial charge in [0.1, 0.15) is 5.75 Å². The van der Waals surface area contributed by atoms with Crippen molar-refractivity contribution in [3.63, 3.8) is 0 Å². The van der Waals surface area contributed by atoms with Crippen molar-refractivity contribution in [1.82, 2.24) is 0 Å². The molecule has 1 heteroatoms. The zero-order chi connectivity index (χ0) is 11.1. The predicted molar refractivity (Wildman–Crippen MR) is 63.9 cm³/mol. The van der Waals surface area contributed by atoms with Gasteiger partial charge in [0.15, 0.2) is 0 Å². The summed E-state index contributed by atoms with van der Waals surface area (Å²) in [5, 5.41) is 0. The molecule has 0 fully saturated rings. The molecular formula is C14H18O. The van der Waals surface area contributed by atoms with Gasteiger partial charge in [0.05, 0.1) is 7.11 Å². The average molecular weight is 202 g/mol. The summed E-state index contributed by atoms with van der Waals surface area (Å²) in [6, 6.07) is 8.13. The summed E-state index contributed by atoms with van der Waals surface area (Å²) in [7, 11) is 1.71. The molecule has 15 heavy (non-hydrogen) atoms. The molecular weight excluding hydrogens is 184 g/mol. The van der Waals surface area contributed by atoms with Crippen LogP contribution in [0.4, 0.5) is 0 Å². The third-order valence-corrected chi connectivity index (χ3v) is 2.24. The minimum atomic E-state index is 0.390. The van der Waals surface area contributed by atoms with Crippen LogP contribution in [0.15, 0.2) is 24.3 Å². The first-order valence-corrected chi connectivity index (χ1v) is 5.38. The van der Waals surface area contributed by atoms with E-state index in [0.717, 1.165) is 18.6 Å². The van der Waals surface area contributed by atoms with Crippen LogP contribution < -0.4 is 4.74 Å². The number of ether oxygens (including phenoxy) is 1. The van der Waals surface area contributed by atoms with Crippen molar-refractivity contribution in [2.75, 3.05) is 7.11 Å². The molecule has 80 valence electrons. The van der Waals surface area contributed by atoms with Crippen molar-refractivity contribution in [2.45, 2.75) is 26.7 Å². The van der Waals surface area contributed by atoms with Crippen LogP contribution in [0, 0.1) is 17.8 Å². The molecule has 0 saturated carbocycles. The Bertz CT molecular complexity index is 357. The van der Waals surface area contributed by atoms with E-state index in [4.69, 9.17) is 4.74 Å². The number of rotatable bonds is 3. The van der Waals surface area contributed by atoms with E-state index in [-0.39, 0.29) is 0 Å². The number of methoxy groups -OCH3 is 1. The highest BCUT2D eigenvalue weighted by Crippen LogP contribution is 2.20. The van der Waals surface area contributed by atoms with E-state index in [0.29, 0.717) is 5.92 Å². The number of benzene rings is 1. The van der Waals surface area contributed by atoms with Crippen molar-refractivity contribution in [2.24, 2.45) is 5.92 Å². The van der Waals surface area contributed by atoms with E-state index in [1.54, 1.807) is 7.11 Å². The van der Waals surface area contributed by atoms with Crippen LogP contribution in [-0.2, 0) is 6.42 Å². The Kier molecular flexibility index (Phi) is 4.77. The largest absolute Gasteiger partial charge is 0.496 e. The van der Waals surface area contributed by atoms with Gasteiger partial charge < -0.3 is 4.74 Å². The molecule has 1 rings (SSSR count). The van der Waals surface area contributed by atoms with Crippen molar-refractivity contribution in [3.8, 4) is 17.6 Å². The standard InChI is InChI=1S/C14H18O/c1-4-5-8-12(2)11-13-9-6-7-10-14(13)15-3/h6-7,9-10,12H,4,11H2,1-3H3. The fourth-order valence-electron chi connectivity index (χ4n) is 1.53. The van der Waals surface area contributed by atoms with Crippen LogP contribution in [0.5, 0.6) is 5.75 Å². The Labute approximate surface area is 92.5 Å². The molecule has 0 amide bonds. The lowest BCUT2D eigenvalue weighted by Gasteiger charge is -2.09. The third kappa shape index (κ3) is 3.67. The van der Waals surface area contributed by atoms with E-state index >= 15 is 0 Å². The van der Waals surface area contributed by atoms with Gasteiger partial charge in [-0.2, -0.15) is 0 Å². The molecule has 1 aromatic rings. The highest BCUT2D eigenvalue weighted by atomic mass is 16.5. The molecule has 1 unspecified atom stereocenters. The zero-order valence-corrected chi connectivity index (χ0v) is 9.71. The molecule has 1 nitrogen and oxygen atoms in total. The third-order valence-electron chi connectivity index (χ3n) is 2.24. The van der Waals surface area contributed by atoms with Crippen LogP contribution in [0.25, 0.3) is 0 Å². The molecule has 0 heterocycles. The second kappa shape index (κ2) is 6.14. The lowest BCUT2D eigenvalue weighted by molar-refractivity contribution is 0.408. The monoisotopic (exact) mass is 202 g/mol. The van der Waals surface area contributed by atoms with Crippen molar-refractivity contribution >= 4 is 0 Å². The molecule has 0 radical (unpaired) electrons. The maximum absolute atomic E-state index is 5.30. The molecule has 0 aliphatic carbocycles. The summed E-state index contributed by atoms with van der Waals surface area (Å²) in [5.74, 6) is 7.69. The molecule has 0 saturated heterocycles. The van der Waals surface area contributed by atoms with Crippen LogP contribution in [-0.4, -0.2) is 7.11 Å². The lowest BCUT2D eigenvalue weighted by Crippen LogP contribution is -1.99. The van der Waals surface area contributed by atoms with Crippen LogP contribution in [0.3, 0.4) is 0 Å². The fourth-order valence-corrected chi connectivity index (χ4v) is 1.53. The second-order valence-electron chi connectivity index (χ2n) is 3.59. The van der Waals surface area contributed by atoms with Crippen LogP contribution in [0.2, 0.25) is 0 Å². The first-order valence-electron chi connectivity index (χ1n) is 5.38. The SMILES string of the molecule is CCC#CC(C)Cc1ccccc1OC. The van der Waals surface area contributed by atoms with Gasteiger partial charge >= 0.3 is 0 Å². The normalized spacial score (nSPS) is 11.4. The van der Waals surface area contributed by atoms with Crippen molar-refractivity contribution in [1.29, 1.82) is 0 Å². The summed E-state index contributed by atoms with van der Waals surface area (Å²) in [5.41, 5.74) is 1.23. The lowest BCUT2D eigenvalue weighted by atomic mass is 10.0.